The van der Waals surface area contributed by atoms with Crippen LogP contribution in [0.2, 0.25) is 0 Å². The fourth-order valence-corrected chi connectivity index (χ4v) is 6.98. The molecule has 52 heavy (non-hydrogen) atoms. The summed E-state index contributed by atoms with van der Waals surface area (Å²) >= 11 is 0. The number of carbonyl (C=O) groups excluding carboxylic acids is 2. The Labute approximate surface area is 323 Å². The number of hydrogen-bond donors (Lipinski definition) is 1. The van der Waals surface area contributed by atoms with E-state index in [1.54, 1.807) is 0 Å². The number of nitrogens with zero attached hydrogens (tertiary/aromatic N) is 1. The highest BCUT2D eigenvalue weighted by atomic mass is 16.7. The van der Waals surface area contributed by atoms with Gasteiger partial charge >= 0.3 is 12.1 Å². The van der Waals surface area contributed by atoms with Gasteiger partial charge in [0.1, 0.15) is 6.10 Å². The number of unbranched alkanes of at least 4 members (excludes halogenated alkanes) is 25. The Bertz CT molecular complexity index is 719. The zero-order valence-corrected chi connectivity index (χ0v) is 35.1. The van der Waals surface area contributed by atoms with Crippen LogP contribution < -0.4 is 0 Å². The summed E-state index contributed by atoms with van der Waals surface area (Å²) in [5, 5.41) is 9.54. The molecular weight excluding hydrogens is 650 g/mol. The number of esters is 1. The lowest BCUT2D eigenvalue weighted by Gasteiger charge is -2.21. The van der Waals surface area contributed by atoms with E-state index in [0.717, 1.165) is 103 Å². The molecule has 310 valence electrons. The topological polar surface area (TPSA) is 85.3 Å². The number of ether oxygens (including phenoxy) is 3. The Kier molecular flexibility index (Phi) is 41.3. The molecule has 0 aliphatic carbocycles. The Morgan fingerprint density at radius 2 is 0.827 bits per heavy atom. The minimum atomic E-state index is -0.528. The largest absolute Gasteiger partial charge is 0.508 e. The molecule has 0 aliphatic rings. The van der Waals surface area contributed by atoms with Crippen LogP contribution in [0.15, 0.2) is 0 Å². The molecule has 7 heteroatoms. The summed E-state index contributed by atoms with van der Waals surface area (Å²) < 4.78 is 16.5. The van der Waals surface area contributed by atoms with E-state index in [1.165, 1.54) is 122 Å². The molecule has 0 heterocycles. The first-order chi connectivity index (χ1) is 25.6. The third-order valence-corrected chi connectivity index (χ3v) is 10.4. The molecule has 0 fully saturated rings. The van der Waals surface area contributed by atoms with Crippen molar-refractivity contribution in [3.05, 3.63) is 0 Å². The smallest absolute Gasteiger partial charge is 0.462 e. The van der Waals surface area contributed by atoms with Gasteiger partial charge in [-0.15, -0.1) is 0 Å². The van der Waals surface area contributed by atoms with Gasteiger partial charge in [-0.05, 0) is 70.9 Å². The SMILES string of the molecule is CCCCCCCCCCCOC(=O)OCCCCCCN(CCO)CCCCCCCC(=O)OC(CCCCCCCC)CCCCCCCC. The summed E-state index contributed by atoms with van der Waals surface area (Å²) in [5.74, 6) is 0.00641. The van der Waals surface area contributed by atoms with Crippen LogP contribution in [-0.4, -0.2) is 67.7 Å². The van der Waals surface area contributed by atoms with Gasteiger partial charge < -0.3 is 24.2 Å². The number of aliphatic hydroxyl groups is 1. The predicted octanol–water partition coefficient (Wildman–Crippen LogP) is 13.3. The van der Waals surface area contributed by atoms with Gasteiger partial charge in [-0.25, -0.2) is 4.79 Å². The monoisotopic (exact) mass is 740 g/mol. The minimum Gasteiger partial charge on any atom is -0.462 e. The molecule has 0 aromatic heterocycles. The van der Waals surface area contributed by atoms with E-state index < -0.39 is 6.16 Å². The molecule has 0 saturated heterocycles. The maximum Gasteiger partial charge on any atom is 0.508 e. The second kappa shape index (κ2) is 42.4. The molecule has 0 rings (SSSR count). The van der Waals surface area contributed by atoms with Gasteiger partial charge in [-0.2, -0.15) is 0 Å². The maximum absolute atomic E-state index is 12.7. The van der Waals surface area contributed by atoms with Crippen molar-refractivity contribution in [2.24, 2.45) is 0 Å². The third-order valence-electron chi connectivity index (χ3n) is 10.4. The van der Waals surface area contributed by atoms with Gasteiger partial charge in [0.25, 0.3) is 0 Å². The fraction of sp³-hybridized carbons (Fsp3) is 0.956. The van der Waals surface area contributed by atoms with Gasteiger partial charge in [-0.3, -0.25) is 4.79 Å². The predicted molar refractivity (Wildman–Crippen MR) is 220 cm³/mol. The highest BCUT2D eigenvalue weighted by molar-refractivity contribution is 5.69. The van der Waals surface area contributed by atoms with Crippen LogP contribution in [0.5, 0.6) is 0 Å². The Hall–Kier alpha value is -1.34. The fourth-order valence-electron chi connectivity index (χ4n) is 6.98. The number of carbonyl (C=O) groups is 2. The van der Waals surface area contributed by atoms with E-state index in [2.05, 4.69) is 25.7 Å². The van der Waals surface area contributed by atoms with Gasteiger partial charge in [-0.1, -0.05) is 168 Å². The lowest BCUT2D eigenvalue weighted by atomic mass is 10.0. The van der Waals surface area contributed by atoms with Crippen molar-refractivity contribution in [1.82, 2.24) is 4.90 Å². The Morgan fingerprint density at radius 3 is 1.25 bits per heavy atom. The van der Waals surface area contributed by atoms with Crippen molar-refractivity contribution in [3.8, 4) is 0 Å². The van der Waals surface area contributed by atoms with E-state index in [-0.39, 0.29) is 18.7 Å². The van der Waals surface area contributed by atoms with Crippen molar-refractivity contribution in [2.45, 2.75) is 239 Å². The lowest BCUT2D eigenvalue weighted by molar-refractivity contribution is -0.150. The normalized spacial score (nSPS) is 11.5. The van der Waals surface area contributed by atoms with E-state index in [9.17, 15) is 14.7 Å². The molecule has 0 atom stereocenters. The zero-order valence-electron chi connectivity index (χ0n) is 35.1. The molecule has 0 amide bonds. The average molecular weight is 740 g/mol. The van der Waals surface area contributed by atoms with Crippen LogP contribution in [0.25, 0.3) is 0 Å². The van der Waals surface area contributed by atoms with Gasteiger partial charge in [0.2, 0.25) is 0 Å². The number of aliphatic hydroxyl groups excluding tert-OH is 1. The standard InChI is InChI=1S/C45H89NO6/c1-4-7-10-13-16-17-18-25-32-41-50-45(49)51-42-33-26-24-31-38-46(39-40-47)37-30-23-19-22-29-36-44(48)52-43(34-27-20-14-11-8-5-2)35-28-21-15-12-9-6-3/h43,47H,4-42H2,1-3H3. The lowest BCUT2D eigenvalue weighted by Crippen LogP contribution is -2.29. The highest BCUT2D eigenvalue weighted by Gasteiger charge is 2.14. The van der Waals surface area contributed by atoms with Crippen molar-refractivity contribution >= 4 is 12.1 Å². The molecule has 1 N–H and O–H groups in total. The average Bonchev–Trinajstić information content (AvgIpc) is 3.14. The van der Waals surface area contributed by atoms with Crippen molar-refractivity contribution in [1.29, 1.82) is 0 Å². The zero-order chi connectivity index (χ0) is 38.0. The summed E-state index contributed by atoms with van der Waals surface area (Å²) in [6.45, 7) is 10.6. The molecule has 0 aromatic rings. The van der Waals surface area contributed by atoms with Gasteiger partial charge in [0.05, 0.1) is 19.8 Å². The first-order valence-corrected chi connectivity index (χ1v) is 22.9. The van der Waals surface area contributed by atoms with Crippen LogP contribution in [0.1, 0.15) is 233 Å². The van der Waals surface area contributed by atoms with E-state index in [0.29, 0.717) is 19.6 Å². The number of rotatable bonds is 42. The van der Waals surface area contributed by atoms with Crippen LogP contribution in [-0.2, 0) is 19.0 Å². The summed E-state index contributed by atoms with van der Waals surface area (Å²) in [7, 11) is 0. The second-order valence-corrected chi connectivity index (χ2v) is 15.5. The molecule has 0 aliphatic heterocycles. The molecule has 0 radical (unpaired) electrons. The van der Waals surface area contributed by atoms with Crippen LogP contribution in [0, 0.1) is 0 Å². The summed E-state index contributed by atoms with van der Waals surface area (Å²) in [6.07, 6.45) is 38.2. The minimum absolute atomic E-state index is 0.00641. The molecule has 0 bridgehead atoms. The third kappa shape index (κ3) is 38.4. The van der Waals surface area contributed by atoms with E-state index >= 15 is 0 Å². The molecule has 0 aromatic carbocycles. The summed E-state index contributed by atoms with van der Waals surface area (Å²) in [5.41, 5.74) is 0. The first-order valence-electron chi connectivity index (χ1n) is 22.9. The quantitative estimate of drug-likeness (QED) is 0.0493. The molecular formula is C45H89NO6. The second-order valence-electron chi connectivity index (χ2n) is 15.5. The summed E-state index contributed by atoms with van der Waals surface area (Å²) in [6, 6.07) is 0. The highest BCUT2D eigenvalue weighted by Crippen LogP contribution is 2.18. The van der Waals surface area contributed by atoms with Crippen LogP contribution in [0.4, 0.5) is 4.79 Å². The van der Waals surface area contributed by atoms with E-state index in [4.69, 9.17) is 14.2 Å². The van der Waals surface area contributed by atoms with Crippen molar-refractivity contribution in [3.63, 3.8) is 0 Å². The molecule has 7 nitrogen and oxygen atoms in total. The van der Waals surface area contributed by atoms with Gasteiger partial charge in [0.15, 0.2) is 0 Å². The molecule has 0 unspecified atom stereocenters. The van der Waals surface area contributed by atoms with Crippen molar-refractivity contribution in [2.75, 3.05) is 39.5 Å². The number of hydrogen-bond acceptors (Lipinski definition) is 7. The maximum atomic E-state index is 12.7. The summed E-state index contributed by atoms with van der Waals surface area (Å²) in [4.78, 5) is 26.9. The Morgan fingerprint density at radius 1 is 0.462 bits per heavy atom. The van der Waals surface area contributed by atoms with Crippen molar-refractivity contribution < 1.29 is 28.9 Å². The van der Waals surface area contributed by atoms with Crippen LogP contribution >= 0.6 is 0 Å². The Balaban J connectivity index is 3.91. The van der Waals surface area contributed by atoms with Crippen LogP contribution in [0.3, 0.4) is 0 Å². The molecule has 0 saturated carbocycles. The first kappa shape index (κ1) is 50.7. The molecule has 0 spiro atoms. The van der Waals surface area contributed by atoms with E-state index in [1.807, 2.05) is 0 Å². The van der Waals surface area contributed by atoms with Gasteiger partial charge in [0, 0.05) is 13.0 Å².